The zero-order valence-corrected chi connectivity index (χ0v) is 13.3. The van der Waals surface area contributed by atoms with E-state index in [1.165, 1.54) is 16.7 Å². The van der Waals surface area contributed by atoms with Crippen molar-refractivity contribution in [2.24, 2.45) is 5.73 Å². The summed E-state index contributed by atoms with van der Waals surface area (Å²) in [7, 11) is 1.76. The average Bonchev–Trinajstić information content (AvgIpc) is 2.74. The van der Waals surface area contributed by atoms with Gasteiger partial charge in [-0.2, -0.15) is 0 Å². The van der Waals surface area contributed by atoms with E-state index in [1.54, 1.807) is 7.11 Å². The Balaban J connectivity index is 2.18. The van der Waals surface area contributed by atoms with Gasteiger partial charge >= 0.3 is 0 Å². The zero-order chi connectivity index (χ0) is 14.8. The van der Waals surface area contributed by atoms with Crippen LogP contribution in [0.25, 0.3) is 0 Å². The third-order valence-corrected chi connectivity index (χ3v) is 4.20. The highest BCUT2D eigenvalue weighted by Crippen LogP contribution is 2.36. The predicted octanol–water partition coefficient (Wildman–Crippen LogP) is 2.84. The van der Waals surface area contributed by atoms with Crippen LogP contribution in [0.2, 0.25) is 0 Å². The molecule has 20 heavy (non-hydrogen) atoms. The molecule has 0 saturated heterocycles. The fourth-order valence-electron chi connectivity index (χ4n) is 2.96. The Bertz CT molecular complexity index is 451. The fourth-order valence-corrected chi connectivity index (χ4v) is 2.96. The number of rotatable bonds is 5. The second-order valence-corrected chi connectivity index (χ2v) is 6.73. The third kappa shape index (κ3) is 3.22. The van der Waals surface area contributed by atoms with Gasteiger partial charge in [-0.25, -0.2) is 0 Å². The highest BCUT2D eigenvalue weighted by molar-refractivity contribution is 5.40. The molecular weight excluding hydrogens is 248 g/mol. The summed E-state index contributed by atoms with van der Waals surface area (Å²) < 4.78 is 5.15. The Hall–Kier alpha value is -0.900. The lowest BCUT2D eigenvalue weighted by atomic mass is 9.85. The van der Waals surface area contributed by atoms with Crippen LogP contribution in [0.5, 0.6) is 0 Å². The first-order valence-electron chi connectivity index (χ1n) is 7.53. The van der Waals surface area contributed by atoms with E-state index >= 15 is 0 Å². The first-order valence-corrected chi connectivity index (χ1v) is 7.53. The van der Waals surface area contributed by atoms with E-state index in [0.29, 0.717) is 12.6 Å². The summed E-state index contributed by atoms with van der Waals surface area (Å²) in [4.78, 5) is 2.48. The normalized spacial score (nSPS) is 19.4. The molecule has 3 nitrogen and oxygen atoms in total. The summed E-state index contributed by atoms with van der Waals surface area (Å²) in [5, 5.41) is 0. The summed E-state index contributed by atoms with van der Waals surface area (Å²) in [6, 6.07) is 7.28. The maximum atomic E-state index is 6.03. The minimum Gasteiger partial charge on any atom is -0.385 e. The van der Waals surface area contributed by atoms with E-state index in [0.717, 1.165) is 26.1 Å². The van der Waals surface area contributed by atoms with Gasteiger partial charge in [-0.05, 0) is 28.5 Å². The molecule has 2 rings (SSSR count). The summed E-state index contributed by atoms with van der Waals surface area (Å²) in [5.74, 6) is 0. The molecule has 112 valence electrons. The van der Waals surface area contributed by atoms with E-state index in [1.807, 2.05) is 0 Å². The molecule has 1 atom stereocenters. The Labute approximate surface area is 123 Å². The quantitative estimate of drug-likeness (QED) is 0.841. The predicted molar refractivity (Wildman–Crippen MR) is 83.8 cm³/mol. The topological polar surface area (TPSA) is 38.5 Å². The molecule has 1 heterocycles. The number of methoxy groups -OCH3 is 1. The second kappa shape index (κ2) is 6.25. The van der Waals surface area contributed by atoms with Crippen LogP contribution in [0.1, 0.15) is 49.9 Å². The number of nitrogens with zero attached hydrogens (tertiary/aromatic N) is 1. The molecule has 1 unspecified atom stereocenters. The first kappa shape index (κ1) is 15.5. The van der Waals surface area contributed by atoms with Crippen LogP contribution in [0.4, 0.5) is 0 Å². The van der Waals surface area contributed by atoms with Crippen molar-refractivity contribution in [2.45, 2.75) is 45.2 Å². The molecule has 0 saturated carbocycles. The molecule has 0 aliphatic carbocycles. The van der Waals surface area contributed by atoms with Gasteiger partial charge in [-0.3, -0.25) is 4.90 Å². The summed E-state index contributed by atoms with van der Waals surface area (Å²) in [5.41, 5.74) is 10.5. The van der Waals surface area contributed by atoms with Gasteiger partial charge in [0.25, 0.3) is 0 Å². The number of fused-ring (bicyclic) bond motifs is 1. The lowest BCUT2D eigenvalue weighted by molar-refractivity contribution is 0.156. The highest BCUT2D eigenvalue weighted by atomic mass is 16.5. The van der Waals surface area contributed by atoms with Crippen molar-refractivity contribution in [2.75, 3.05) is 26.8 Å². The molecule has 0 amide bonds. The molecule has 1 aliphatic heterocycles. The van der Waals surface area contributed by atoms with Crippen molar-refractivity contribution in [3.8, 4) is 0 Å². The lowest BCUT2D eigenvalue weighted by Gasteiger charge is -2.24. The molecule has 0 aromatic heterocycles. The molecular formula is C17H28N2O. The largest absolute Gasteiger partial charge is 0.385 e. The zero-order valence-electron chi connectivity index (χ0n) is 13.3. The van der Waals surface area contributed by atoms with E-state index in [-0.39, 0.29) is 5.41 Å². The van der Waals surface area contributed by atoms with Crippen molar-refractivity contribution < 1.29 is 4.74 Å². The molecule has 1 aliphatic rings. The van der Waals surface area contributed by atoms with Crippen molar-refractivity contribution in [3.05, 3.63) is 34.9 Å². The van der Waals surface area contributed by atoms with Crippen molar-refractivity contribution in [1.29, 1.82) is 0 Å². The SMILES string of the molecule is COCCCN1Cc2ccc(C(C)(C)C)cc2C1CN. The van der Waals surface area contributed by atoms with E-state index in [9.17, 15) is 0 Å². The van der Waals surface area contributed by atoms with Gasteiger partial charge in [-0.1, -0.05) is 39.0 Å². The third-order valence-electron chi connectivity index (χ3n) is 4.20. The Morgan fingerprint density at radius 3 is 2.70 bits per heavy atom. The van der Waals surface area contributed by atoms with Gasteiger partial charge in [0.05, 0.1) is 0 Å². The van der Waals surface area contributed by atoms with Crippen LogP contribution in [-0.4, -0.2) is 31.7 Å². The Morgan fingerprint density at radius 2 is 2.10 bits per heavy atom. The number of hydrogen-bond donors (Lipinski definition) is 1. The standard InChI is InChI=1S/C17H28N2O/c1-17(2,3)14-7-6-13-12-19(8-5-9-20-4)16(11-18)15(13)10-14/h6-7,10,16H,5,8-9,11-12,18H2,1-4H3. The molecule has 3 heteroatoms. The first-order chi connectivity index (χ1) is 9.47. The highest BCUT2D eigenvalue weighted by Gasteiger charge is 2.29. The molecule has 1 aromatic rings. The van der Waals surface area contributed by atoms with Crippen LogP contribution in [0, 0.1) is 0 Å². The minimum atomic E-state index is 0.192. The molecule has 1 aromatic carbocycles. The van der Waals surface area contributed by atoms with Gasteiger partial charge in [-0.15, -0.1) is 0 Å². The van der Waals surface area contributed by atoms with Crippen LogP contribution < -0.4 is 5.73 Å². The number of benzene rings is 1. The Kier molecular flexibility index (Phi) is 4.84. The minimum absolute atomic E-state index is 0.192. The van der Waals surface area contributed by atoms with Gasteiger partial charge in [0, 0.05) is 39.4 Å². The van der Waals surface area contributed by atoms with Gasteiger partial charge in [0.1, 0.15) is 0 Å². The monoisotopic (exact) mass is 276 g/mol. The van der Waals surface area contributed by atoms with Crippen molar-refractivity contribution >= 4 is 0 Å². The maximum Gasteiger partial charge on any atom is 0.0477 e. The maximum absolute atomic E-state index is 6.03. The Morgan fingerprint density at radius 1 is 1.35 bits per heavy atom. The van der Waals surface area contributed by atoms with Crippen LogP contribution in [0.3, 0.4) is 0 Å². The molecule has 0 fully saturated rings. The molecule has 0 radical (unpaired) electrons. The summed E-state index contributed by atoms with van der Waals surface area (Å²) >= 11 is 0. The number of ether oxygens (including phenoxy) is 1. The fraction of sp³-hybridized carbons (Fsp3) is 0.647. The van der Waals surface area contributed by atoms with E-state index < -0.39 is 0 Å². The van der Waals surface area contributed by atoms with Crippen LogP contribution >= 0.6 is 0 Å². The summed E-state index contributed by atoms with van der Waals surface area (Å²) in [6.45, 7) is 10.4. The number of hydrogen-bond acceptors (Lipinski definition) is 3. The van der Waals surface area contributed by atoms with Gasteiger partial charge < -0.3 is 10.5 Å². The average molecular weight is 276 g/mol. The smallest absolute Gasteiger partial charge is 0.0477 e. The second-order valence-electron chi connectivity index (χ2n) is 6.73. The van der Waals surface area contributed by atoms with Crippen molar-refractivity contribution in [1.82, 2.24) is 4.90 Å². The van der Waals surface area contributed by atoms with Crippen LogP contribution in [0.15, 0.2) is 18.2 Å². The van der Waals surface area contributed by atoms with Crippen LogP contribution in [-0.2, 0) is 16.7 Å². The van der Waals surface area contributed by atoms with E-state index in [2.05, 4.69) is 43.9 Å². The molecule has 0 bridgehead atoms. The van der Waals surface area contributed by atoms with Gasteiger partial charge in [0.15, 0.2) is 0 Å². The lowest BCUT2D eigenvalue weighted by Crippen LogP contribution is -2.29. The number of nitrogens with two attached hydrogens (primary N) is 1. The molecule has 2 N–H and O–H groups in total. The molecule has 0 spiro atoms. The van der Waals surface area contributed by atoms with Crippen molar-refractivity contribution in [3.63, 3.8) is 0 Å². The summed E-state index contributed by atoms with van der Waals surface area (Å²) in [6.07, 6.45) is 1.06. The van der Waals surface area contributed by atoms with Gasteiger partial charge in [0.2, 0.25) is 0 Å². The van der Waals surface area contributed by atoms with E-state index in [4.69, 9.17) is 10.5 Å².